The minimum absolute atomic E-state index is 0.260. The molecule has 0 heterocycles. The summed E-state index contributed by atoms with van der Waals surface area (Å²) in [5.41, 5.74) is 6.84. The Morgan fingerprint density at radius 2 is 1.90 bits per heavy atom. The Morgan fingerprint density at radius 1 is 1.25 bits per heavy atom. The molecule has 0 aromatic heterocycles. The fourth-order valence-corrected chi connectivity index (χ4v) is 2.53. The number of Topliss-reactive ketones (excluding diaryl/α,β-unsaturated/α-hetero) is 1. The zero-order chi connectivity index (χ0) is 14.4. The Balaban J connectivity index is 1.73. The summed E-state index contributed by atoms with van der Waals surface area (Å²) in [7, 11) is 0. The maximum Gasteiger partial charge on any atom is 0.323 e. The second-order valence-electron chi connectivity index (χ2n) is 5.42. The summed E-state index contributed by atoms with van der Waals surface area (Å²) in [6.07, 6.45) is 3.55. The first kappa shape index (κ1) is 14.7. The quantitative estimate of drug-likeness (QED) is 0.836. The maximum absolute atomic E-state index is 11.8. The first-order valence-corrected chi connectivity index (χ1v) is 7.13. The molecule has 0 spiro atoms. The lowest BCUT2D eigenvalue weighted by Crippen LogP contribution is -2.35. The molecule has 108 valence electrons. The van der Waals surface area contributed by atoms with Gasteiger partial charge in [0.05, 0.1) is 0 Å². The van der Waals surface area contributed by atoms with Gasteiger partial charge < -0.3 is 10.5 Å². The number of nitrogens with two attached hydrogens (primary N) is 1. The summed E-state index contributed by atoms with van der Waals surface area (Å²) in [5.74, 6) is 0.333. The van der Waals surface area contributed by atoms with E-state index in [1.54, 1.807) is 0 Å². The van der Waals surface area contributed by atoms with Gasteiger partial charge in [-0.25, -0.2) is 0 Å². The molecule has 0 saturated heterocycles. The van der Waals surface area contributed by atoms with E-state index < -0.39 is 6.04 Å². The Bertz CT molecular complexity index is 448. The van der Waals surface area contributed by atoms with Crippen LogP contribution in [0.25, 0.3) is 0 Å². The van der Waals surface area contributed by atoms with Crippen LogP contribution in [0.15, 0.2) is 30.3 Å². The van der Waals surface area contributed by atoms with Crippen LogP contribution < -0.4 is 5.73 Å². The van der Waals surface area contributed by atoms with Crippen LogP contribution in [-0.4, -0.2) is 17.8 Å². The largest absolute Gasteiger partial charge is 0.460 e. The fourth-order valence-electron chi connectivity index (χ4n) is 2.53. The van der Waals surface area contributed by atoms with Gasteiger partial charge in [-0.05, 0) is 30.7 Å². The Hall–Kier alpha value is -1.68. The van der Waals surface area contributed by atoms with Gasteiger partial charge in [0.15, 0.2) is 0 Å². The first-order chi connectivity index (χ1) is 9.65. The van der Waals surface area contributed by atoms with Crippen molar-refractivity contribution in [2.75, 3.05) is 0 Å². The lowest BCUT2D eigenvalue weighted by atomic mass is 9.84. The van der Waals surface area contributed by atoms with Crippen LogP contribution in [0.4, 0.5) is 0 Å². The predicted octanol–water partition coefficient (Wildman–Crippen LogP) is 2.21. The molecule has 1 aliphatic carbocycles. The molecular formula is C16H21NO3. The van der Waals surface area contributed by atoms with Gasteiger partial charge in [-0.3, -0.25) is 9.59 Å². The molecule has 4 nitrogen and oxygen atoms in total. The van der Waals surface area contributed by atoms with E-state index in [9.17, 15) is 9.59 Å². The third kappa shape index (κ3) is 4.46. The van der Waals surface area contributed by atoms with Crippen molar-refractivity contribution in [2.24, 2.45) is 11.7 Å². The topological polar surface area (TPSA) is 69.4 Å². The van der Waals surface area contributed by atoms with Gasteiger partial charge in [-0.15, -0.1) is 0 Å². The molecule has 1 aliphatic rings. The normalized spacial score (nSPS) is 17.8. The number of rotatable bonds is 5. The van der Waals surface area contributed by atoms with Crippen molar-refractivity contribution < 1.29 is 14.3 Å². The lowest BCUT2D eigenvalue weighted by molar-refractivity contribution is -0.147. The zero-order valence-electron chi connectivity index (χ0n) is 11.6. The molecule has 4 heteroatoms. The smallest absolute Gasteiger partial charge is 0.323 e. The minimum atomic E-state index is -0.586. The van der Waals surface area contributed by atoms with E-state index in [0.717, 1.165) is 18.4 Å². The highest BCUT2D eigenvalue weighted by molar-refractivity contribution is 5.79. The van der Waals surface area contributed by atoms with E-state index in [0.29, 0.717) is 31.0 Å². The van der Waals surface area contributed by atoms with Gasteiger partial charge in [0, 0.05) is 12.8 Å². The third-order valence-electron chi connectivity index (χ3n) is 3.78. The third-order valence-corrected chi connectivity index (χ3v) is 3.78. The number of ketones is 1. The summed E-state index contributed by atoms with van der Waals surface area (Å²) in [4.78, 5) is 23.0. The molecule has 0 aliphatic heterocycles. The van der Waals surface area contributed by atoms with Crippen LogP contribution in [-0.2, 0) is 20.9 Å². The number of carbonyl (C=O) groups is 2. The number of benzene rings is 1. The molecule has 1 saturated carbocycles. The zero-order valence-corrected chi connectivity index (χ0v) is 11.6. The van der Waals surface area contributed by atoms with Gasteiger partial charge >= 0.3 is 5.97 Å². The van der Waals surface area contributed by atoms with Gasteiger partial charge in [0.2, 0.25) is 0 Å². The molecule has 20 heavy (non-hydrogen) atoms. The van der Waals surface area contributed by atoms with E-state index in [1.807, 2.05) is 30.3 Å². The summed E-state index contributed by atoms with van der Waals surface area (Å²) in [6.45, 7) is 0.260. The first-order valence-electron chi connectivity index (χ1n) is 7.13. The summed E-state index contributed by atoms with van der Waals surface area (Å²) >= 11 is 0. The van der Waals surface area contributed by atoms with Gasteiger partial charge in [0.1, 0.15) is 18.4 Å². The van der Waals surface area contributed by atoms with Crippen LogP contribution in [0, 0.1) is 5.92 Å². The van der Waals surface area contributed by atoms with E-state index in [2.05, 4.69) is 0 Å². The van der Waals surface area contributed by atoms with Crippen molar-refractivity contribution >= 4 is 11.8 Å². The average molecular weight is 275 g/mol. The second kappa shape index (κ2) is 7.20. The Labute approximate surface area is 119 Å². The van der Waals surface area contributed by atoms with Crippen molar-refractivity contribution in [3.05, 3.63) is 35.9 Å². The van der Waals surface area contributed by atoms with Gasteiger partial charge in [0.25, 0.3) is 0 Å². The number of esters is 1. The molecule has 2 N–H and O–H groups in total. The second-order valence-corrected chi connectivity index (χ2v) is 5.42. The molecule has 1 fully saturated rings. The van der Waals surface area contributed by atoms with E-state index in [4.69, 9.17) is 10.5 Å². The number of hydrogen-bond acceptors (Lipinski definition) is 4. The Morgan fingerprint density at radius 3 is 2.55 bits per heavy atom. The van der Waals surface area contributed by atoms with Crippen molar-refractivity contribution in [3.63, 3.8) is 0 Å². The van der Waals surface area contributed by atoms with Crippen LogP contribution in [0.1, 0.15) is 37.7 Å². The fraction of sp³-hybridized carbons (Fsp3) is 0.500. The molecule has 1 unspecified atom stereocenters. The van der Waals surface area contributed by atoms with Crippen molar-refractivity contribution in [3.8, 4) is 0 Å². The predicted molar refractivity (Wildman–Crippen MR) is 75.8 cm³/mol. The molecule has 1 aromatic rings. The number of ether oxygens (including phenoxy) is 1. The maximum atomic E-state index is 11.8. The van der Waals surface area contributed by atoms with Crippen LogP contribution in [0.2, 0.25) is 0 Å². The molecule has 1 aromatic carbocycles. The van der Waals surface area contributed by atoms with E-state index >= 15 is 0 Å². The lowest BCUT2D eigenvalue weighted by Gasteiger charge is -2.23. The van der Waals surface area contributed by atoms with Crippen molar-refractivity contribution in [2.45, 2.75) is 44.8 Å². The standard InChI is InChI=1S/C16H21NO3/c17-15(10-12-6-8-14(18)9-7-12)16(19)20-11-13-4-2-1-3-5-13/h1-5,12,15H,6-11,17H2. The van der Waals surface area contributed by atoms with Gasteiger partial charge in [-0.2, -0.15) is 0 Å². The SMILES string of the molecule is NC(CC1CCC(=O)CC1)C(=O)OCc1ccccc1. The summed E-state index contributed by atoms with van der Waals surface area (Å²) in [5, 5.41) is 0. The highest BCUT2D eigenvalue weighted by Gasteiger charge is 2.24. The van der Waals surface area contributed by atoms with E-state index in [1.165, 1.54) is 0 Å². The average Bonchev–Trinajstić information content (AvgIpc) is 2.48. The molecule has 0 radical (unpaired) electrons. The van der Waals surface area contributed by atoms with Crippen molar-refractivity contribution in [1.29, 1.82) is 0 Å². The highest BCUT2D eigenvalue weighted by atomic mass is 16.5. The number of carbonyl (C=O) groups excluding carboxylic acids is 2. The number of hydrogen-bond donors (Lipinski definition) is 1. The van der Waals surface area contributed by atoms with Crippen LogP contribution in [0.5, 0.6) is 0 Å². The van der Waals surface area contributed by atoms with Crippen molar-refractivity contribution in [1.82, 2.24) is 0 Å². The van der Waals surface area contributed by atoms with Crippen LogP contribution >= 0.6 is 0 Å². The summed E-state index contributed by atoms with van der Waals surface area (Å²) < 4.78 is 5.22. The molecule has 0 amide bonds. The summed E-state index contributed by atoms with van der Waals surface area (Å²) in [6, 6.07) is 8.96. The van der Waals surface area contributed by atoms with E-state index in [-0.39, 0.29) is 12.6 Å². The monoisotopic (exact) mass is 275 g/mol. The molecule has 0 bridgehead atoms. The molecule has 1 atom stereocenters. The van der Waals surface area contributed by atoms with Gasteiger partial charge in [-0.1, -0.05) is 30.3 Å². The Kier molecular flexibility index (Phi) is 5.30. The molecular weight excluding hydrogens is 254 g/mol. The minimum Gasteiger partial charge on any atom is -0.460 e. The highest BCUT2D eigenvalue weighted by Crippen LogP contribution is 2.25. The van der Waals surface area contributed by atoms with Crippen LogP contribution in [0.3, 0.4) is 0 Å². The molecule has 2 rings (SSSR count).